The average molecular weight is 292 g/mol. The lowest BCUT2D eigenvalue weighted by Crippen LogP contribution is -2.46. The van der Waals surface area contributed by atoms with Gasteiger partial charge in [0.1, 0.15) is 5.82 Å². The number of ether oxygens (including phenoxy) is 1. The van der Waals surface area contributed by atoms with Gasteiger partial charge in [0.15, 0.2) is 0 Å². The summed E-state index contributed by atoms with van der Waals surface area (Å²) in [4.78, 5) is 17.0. The van der Waals surface area contributed by atoms with E-state index in [2.05, 4.69) is 11.9 Å². The molecule has 0 aliphatic carbocycles. The SMILES string of the molecule is Cc1cc(F)ccc1C(=O)N1C[C@H]2COC[C@@H]1CN(C)C2. The standard InChI is InChI=1S/C16H21FN2O2/c1-11-5-13(17)3-4-15(11)16(20)19-7-12-6-18(2)8-14(19)10-21-9-12/h3-5,12,14H,6-10H2,1-2H3/t12-,14-/m0/s1. The van der Waals surface area contributed by atoms with E-state index in [0.717, 1.165) is 13.1 Å². The van der Waals surface area contributed by atoms with E-state index in [1.807, 2.05) is 4.90 Å². The molecule has 21 heavy (non-hydrogen) atoms. The molecule has 2 bridgehead atoms. The van der Waals surface area contributed by atoms with Gasteiger partial charge in [0.25, 0.3) is 5.91 Å². The van der Waals surface area contributed by atoms with Crippen LogP contribution in [0.15, 0.2) is 18.2 Å². The molecule has 2 fully saturated rings. The number of carbonyl (C=O) groups is 1. The Labute approximate surface area is 124 Å². The lowest BCUT2D eigenvalue weighted by molar-refractivity contribution is 0.0483. The Balaban J connectivity index is 1.89. The quantitative estimate of drug-likeness (QED) is 0.787. The molecule has 4 nitrogen and oxygen atoms in total. The molecule has 2 saturated heterocycles. The second-order valence-corrected chi connectivity index (χ2v) is 6.20. The van der Waals surface area contributed by atoms with Gasteiger partial charge in [-0.15, -0.1) is 0 Å². The van der Waals surface area contributed by atoms with Gasteiger partial charge in [-0.05, 0) is 37.7 Å². The summed E-state index contributed by atoms with van der Waals surface area (Å²) in [5.41, 5.74) is 1.28. The lowest BCUT2D eigenvalue weighted by atomic mass is 10.1. The lowest BCUT2D eigenvalue weighted by Gasteiger charge is -2.30. The number of hydrogen-bond acceptors (Lipinski definition) is 3. The van der Waals surface area contributed by atoms with Crippen molar-refractivity contribution < 1.29 is 13.9 Å². The molecule has 2 atom stereocenters. The Hall–Kier alpha value is -1.46. The molecule has 2 aliphatic rings. The van der Waals surface area contributed by atoms with E-state index < -0.39 is 0 Å². The predicted octanol–water partition coefficient (Wildman–Crippen LogP) is 1.54. The second kappa shape index (κ2) is 5.73. The molecule has 0 radical (unpaired) electrons. The number of halogens is 1. The number of carbonyl (C=O) groups excluding carboxylic acids is 1. The molecule has 5 heteroatoms. The van der Waals surface area contributed by atoms with Gasteiger partial charge in [0.2, 0.25) is 0 Å². The van der Waals surface area contributed by atoms with Crippen molar-refractivity contribution in [3.05, 3.63) is 35.1 Å². The zero-order chi connectivity index (χ0) is 15.0. The molecule has 2 heterocycles. The molecule has 114 valence electrons. The summed E-state index contributed by atoms with van der Waals surface area (Å²) in [5, 5.41) is 0. The summed E-state index contributed by atoms with van der Waals surface area (Å²) in [7, 11) is 2.09. The molecule has 1 aromatic carbocycles. The molecule has 1 amide bonds. The van der Waals surface area contributed by atoms with Crippen molar-refractivity contribution >= 4 is 5.91 Å². The Morgan fingerprint density at radius 2 is 2.10 bits per heavy atom. The van der Waals surface area contributed by atoms with E-state index in [-0.39, 0.29) is 17.8 Å². The fourth-order valence-electron chi connectivity index (χ4n) is 3.35. The van der Waals surface area contributed by atoms with E-state index in [4.69, 9.17) is 4.74 Å². The summed E-state index contributed by atoms with van der Waals surface area (Å²) < 4.78 is 18.9. The van der Waals surface area contributed by atoms with Gasteiger partial charge >= 0.3 is 0 Å². The monoisotopic (exact) mass is 292 g/mol. The number of benzene rings is 1. The van der Waals surface area contributed by atoms with Crippen molar-refractivity contribution in [2.45, 2.75) is 13.0 Å². The van der Waals surface area contributed by atoms with Crippen LogP contribution in [-0.4, -0.2) is 61.6 Å². The van der Waals surface area contributed by atoms with Crippen LogP contribution in [0, 0.1) is 18.7 Å². The third kappa shape index (κ3) is 2.94. The van der Waals surface area contributed by atoms with Crippen molar-refractivity contribution in [3.8, 4) is 0 Å². The van der Waals surface area contributed by atoms with Gasteiger partial charge in [-0.1, -0.05) is 0 Å². The maximum absolute atomic E-state index is 13.2. The van der Waals surface area contributed by atoms with Crippen LogP contribution in [0.4, 0.5) is 4.39 Å². The molecule has 0 saturated carbocycles. The van der Waals surface area contributed by atoms with Crippen molar-refractivity contribution in [1.29, 1.82) is 0 Å². The number of rotatable bonds is 1. The van der Waals surface area contributed by atoms with Crippen LogP contribution in [0.3, 0.4) is 0 Å². The third-order valence-corrected chi connectivity index (χ3v) is 4.33. The Kier molecular flexibility index (Phi) is 3.95. The summed E-state index contributed by atoms with van der Waals surface area (Å²) in [6.07, 6.45) is 0. The molecule has 2 aliphatic heterocycles. The average Bonchev–Trinajstić information content (AvgIpc) is 2.68. The first kappa shape index (κ1) is 14.5. The van der Waals surface area contributed by atoms with Gasteiger partial charge in [0.05, 0.1) is 19.3 Å². The zero-order valence-electron chi connectivity index (χ0n) is 12.5. The maximum atomic E-state index is 13.2. The fraction of sp³-hybridized carbons (Fsp3) is 0.562. The Bertz CT molecular complexity index is 549. The fourth-order valence-corrected chi connectivity index (χ4v) is 3.35. The van der Waals surface area contributed by atoms with Crippen molar-refractivity contribution in [1.82, 2.24) is 9.80 Å². The molecule has 3 rings (SSSR count). The van der Waals surface area contributed by atoms with Crippen LogP contribution in [0.25, 0.3) is 0 Å². The molecular weight excluding hydrogens is 271 g/mol. The highest BCUT2D eigenvalue weighted by Crippen LogP contribution is 2.22. The van der Waals surface area contributed by atoms with Crippen molar-refractivity contribution in [3.63, 3.8) is 0 Å². The number of fused-ring (bicyclic) bond motifs is 3. The van der Waals surface area contributed by atoms with E-state index in [9.17, 15) is 9.18 Å². The molecule has 1 aromatic rings. The van der Waals surface area contributed by atoms with Crippen LogP contribution in [0.2, 0.25) is 0 Å². The number of hydrogen-bond donors (Lipinski definition) is 0. The van der Waals surface area contributed by atoms with Gasteiger partial charge in [0, 0.05) is 31.1 Å². The van der Waals surface area contributed by atoms with Gasteiger partial charge in [-0.2, -0.15) is 0 Å². The highest BCUT2D eigenvalue weighted by Gasteiger charge is 2.35. The minimum absolute atomic E-state index is 0.0108. The number of nitrogens with zero attached hydrogens (tertiary/aromatic N) is 2. The van der Waals surface area contributed by atoms with E-state index >= 15 is 0 Å². The first-order chi connectivity index (χ1) is 10.0. The van der Waals surface area contributed by atoms with E-state index in [0.29, 0.717) is 36.8 Å². The topological polar surface area (TPSA) is 32.8 Å². The summed E-state index contributed by atoms with van der Waals surface area (Å²) >= 11 is 0. The molecule has 0 aromatic heterocycles. The van der Waals surface area contributed by atoms with E-state index in [1.165, 1.54) is 12.1 Å². The minimum Gasteiger partial charge on any atom is -0.379 e. The normalized spacial score (nSPS) is 26.5. The predicted molar refractivity (Wildman–Crippen MR) is 77.8 cm³/mol. The van der Waals surface area contributed by atoms with E-state index in [1.54, 1.807) is 13.0 Å². The first-order valence-corrected chi connectivity index (χ1v) is 7.38. The van der Waals surface area contributed by atoms with Crippen LogP contribution < -0.4 is 0 Å². The minimum atomic E-state index is -0.304. The van der Waals surface area contributed by atoms with Crippen LogP contribution in [-0.2, 0) is 4.74 Å². The third-order valence-electron chi connectivity index (χ3n) is 4.33. The highest BCUT2D eigenvalue weighted by atomic mass is 19.1. The Morgan fingerprint density at radius 3 is 2.86 bits per heavy atom. The number of aryl methyl sites for hydroxylation is 1. The summed E-state index contributed by atoms with van der Waals surface area (Å²) in [6.45, 7) is 5.54. The Morgan fingerprint density at radius 1 is 1.29 bits per heavy atom. The molecule has 0 unspecified atom stereocenters. The van der Waals surface area contributed by atoms with Crippen molar-refractivity contribution in [2.24, 2.45) is 5.92 Å². The smallest absolute Gasteiger partial charge is 0.254 e. The summed E-state index contributed by atoms with van der Waals surface area (Å²) in [6, 6.07) is 4.43. The maximum Gasteiger partial charge on any atom is 0.254 e. The van der Waals surface area contributed by atoms with Gasteiger partial charge in [-0.25, -0.2) is 4.39 Å². The molecular formula is C16H21FN2O2. The van der Waals surface area contributed by atoms with Crippen LogP contribution in [0.5, 0.6) is 0 Å². The number of likely N-dealkylation sites (N-methyl/N-ethyl adjacent to an activating group) is 1. The largest absolute Gasteiger partial charge is 0.379 e. The van der Waals surface area contributed by atoms with Gasteiger partial charge in [-0.3, -0.25) is 4.79 Å². The molecule has 0 N–H and O–H groups in total. The first-order valence-electron chi connectivity index (χ1n) is 7.38. The highest BCUT2D eigenvalue weighted by molar-refractivity contribution is 5.96. The van der Waals surface area contributed by atoms with Crippen LogP contribution >= 0.6 is 0 Å². The van der Waals surface area contributed by atoms with Crippen molar-refractivity contribution in [2.75, 3.05) is 39.9 Å². The summed E-state index contributed by atoms with van der Waals surface area (Å²) in [5.74, 6) is 0.0252. The zero-order valence-corrected chi connectivity index (χ0v) is 12.5. The van der Waals surface area contributed by atoms with Crippen LogP contribution in [0.1, 0.15) is 15.9 Å². The van der Waals surface area contributed by atoms with Gasteiger partial charge < -0.3 is 14.5 Å². The number of amides is 1. The second-order valence-electron chi connectivity index (χ2n) is 6.20. The molecule has 0 spiro atoms.